The van der Waals surface area contributed by atoms with E-state index in [2.05, 4.69) is 20.7 Å². The van der Waals surface area contributed by atoms with Crippen LogP contribution in [0, 0.1) is 5.82 Å². The normalized spacial score (nSPS) is 10.7. The van der Waals surface area contributed by atoms with E-state index in [4.69, 9.17) is 0 Å². The van der Waals surface area contributed by atoms with Gasteiger partial charge in [0.1, 0.15) is 5.82 Å². The van der Waals surface area contributed by atoms with E-state index >= 15 is 0 Å². The molecule has 16 heavy (non-hydrogen) atoms. The molecule has 0 atom stereocenters. The highest BCUT2D eigenvalue weighted by Gasteiger charge is 2.11. The summed E-state index contributed by atoms with van der Waals surface area (Å²) >= 11 is 3.29. The Kier molecular flexibility index (Phi) is 5.19. The van der Waals surface area contributed by atoms with Crippen molar-refractivity contribution in [3.05, 3.63) is 41.2 Å². The first-order valence-corrected chi connectivity index (χ1v) is 5.91. The standard InChI is InChI=1S/C12H12BrFO2/c1-16-12(15)10-6-5-9(8-11(10)14)4-2-3-7-13/h2,4-6,8H,3,7H2,1H3. The summed E-state index contributed by atoms with van der Waals surface area (Å²) in [5.74, 6) is -1.22. The lowest BCUT2D eigenvalue weighted by molar-refractivity contribution is 0.0595. The van der Waals surface area contributed by atoms with Gasteiger partial charge in [0.25, 0.3) is 0 Å². The molecule has 0 radical (unpaired) electrons. The molecule has 0 bridgehead atoms. The van der Waals surface area contributed by atoms with E-state index in [1.54, 1.807) is 6.07 Å². The summed E-state index contributed by atoms with van der Waals surface area (Å²) in [4.78, 5) is 11.1. The number of allylic oxidation sites excluding steroid dienone is 1. The van der Waals surface area contributed by atoms with Gasteiger partial charge in [-0.15, -0.1) is 0 Å². The number of carbonyl (C=O) groups excluding carboxylic acids is 1. The Bertz CT molecular complexity index is 402. The van der Waals surface area contributed by atoms with Crippen molar-refractivity contribution in [3.63, 3.8) is 0 Å². The number of rotatable bonds is 4. The summed E-state index contributed by atoms with van der Waals surface area (Å²) in [6, 6.07) is 4.42. The highest BCUT2D eigenvalue weighted by atomic mass is 79.9. The number of halogens is 2. The molecule has 2 nitrogen and oxygen atoms in total. The van der Waals surface area contributed by atoms with Crippen molar-refractivity contribution >= 4 is 28.0 Å². The molecule has 0 saturated heterocycles. The molecular weight excluding hydrogens is 275 g/mol. The lowest BCUT2D eigenvalue weighted by atomic mass is 10.1. The maximum absolute atomic E-state index is 13.5. The molecular formula is C12H12BrFO2. The van der Waals surface area contributed by atoms with Gasteiger partial charge in [0.15, 0.2) is 0 Å². The smallest absolute Gasteiger partial charge is 0.340 e. The molecule has 0 spiro atoms. The zero-order valence-corrected chi connectivity index (χ0v) is 10.5. The van der Waals surface area contributed by atoms with Crippen molar-refractivity contribution in [2.45, 2.75) is 6.42 Å². The molecule has 0 unspecified atom stereocenters. The van der Waals surface area contributed by atoms with Crippen LogP contribution in [-0.2, 0) is 4.74 Å². The lowest BCUT2D eigenvalue weighted by Gasteiger charge is -2.01. The molecule has 0 aliphatic heterocycles. The number of methoxy groups -OCH3 is 1. The minimum atomic E-state index is -0.659. The van der Waals surface area contributed by atoms with E-state index in [1.165, 1.54) is 19.2 Å². The van der Waals surface area contributed by atoms with Crippen LogP contribution in [0.15, 0.2) is 24.3 Å². The van der Waals surface area contributed by atoms with E-state index in [0.29, 0.717) is 0 Å². The van der Waals surface area contributed by atoms with Crippen LogP contribution in [0.4, 0.5) is 4.39 Å². The Morgan fingerprint density at radius 1 is 1.56 bits per heavy atom. The zero-order valence-electron chi connectivity index (χ0n) is 8.87. The monoisotopic (exact) mass is 286 g/mol. The van der Waals surface area contributed by atoms with E-state index in [1.807, 2.05) is 12.2 Å². The predicted molar refractivity (Wildman–Crippen MR) is 65.2 cm³/mol. The Morgan fingerprint density at radius 2 is 2.31 bits per heavy atom. The van der Waals surface area contributed by atoms with Gasteiger partial charge < -0.3 is 4.74 Å². The summed E-state index contributed by atoms with van der Waals surface area (Å²) in [5, 5.41) is 0.867. The second-order valence-corrected chi connectivity index (χ2v) is 3.90. The lowest BCUT2D eigenvalue weighted by Crippen LogP contribution is -2.04. The van der Waals surface area contributed by atoms with Gasteiger partial charge in [-0.05, 0) is 24.1 Å². The molecule has 4 heteroatoms. The Morgan fingerprint density at radius 3 is 2.88 bits per heavy atom. The van der Waals surface area contributed by atoms with Crippen molar-refractivity contribution in [2.75, 3.05) is 12.4 Å². The number of hydrogen-bond donors (Lipinski definition) is 0. The van der Waals surface area contributed by atoms with Gasteiger partial charge in [-0.1, -0.05) is 34.1 Å². The molecule has 0 fully saturated rings. The second-order valence-electron chi connectivity index (χ2n) is 3.11. The van der Waals surface area contributed by atoms with Gasteiger partial charge >= 0.3 is 5.97 Å². The molecule has 86 valence electrons. The van der Waals surface area contributed by atoms with E-state index in [9.17, 15) is 9.18 Å². The first-order valence-electron chi connectivity index (χ1n) is 4.79. The van der Waals surface area contributed by atoms with Crippen LogP contribution in [0.3, 0.4) is 0 Å². The SMILES string of the molecule is COC(=O)c1ccc(C=CCCBr)cc1F. The van der Waals surface area contributed by atoms with Crippen molar-refractivity contribution in [1.29, 1.82) is 0 Å². The van der Waals surface area contributed by atoms with Crippen LogP contribution in [-0.4, -0.2) is 18.4 Å². The maximum Gasteiger partial charge on any atom is 0.340 e. The Balaban J connectivity index is 2.86. The molecule has 0 heterocycles. The van der Waals surface area contributed by atoms with Crippen LogP contribution < -0.4 is 0 Å². The molecule has 0 aliphatic carbocycles. The van der Waals surface area contributed by atoms with Crippen molar-refractivity contribution in [2.24, 2.45) is 0 Å². The summed E-state index contributed by atoms with van der Waals surface area (Å²) in [6.45, 7) is 0. The van der Waals surface area contributed by atoms with Crippen molar-refractivity contribution in [3.8, 4) is 0 Å². The van der Waals surface area contributed by atoms with Crippen molar-refractivity contribution < 1.29 is 13.9 Å². The minimum absolute atomic E-state index is 0.0415. The minimum Gasteiger partial charge on any atom is -0.465 e. The van der Waals surface area contributed by atoms with Crippen molar-refractivity contribution in [1.82, 2.24) is 0 Å². The fourth-order valence-electron chi connectivity index (χ4n) is 1.19. The topological polar surface area (TPSA) is 26.3 Å². The summed E-state index contributed by atoms with van der Waals surface area (Å²) in [5.41, 5.74) is 0.686. The third-order valence-corrected chi connectivity index (χ3v) is 2.44. The quantitative estimate of drug-likeness (QED) is 0.626. The average Bonchev–Trinajstić information content (AvgIpc) is 2.29. The van der Waals surface area contributed by atoms with E-state index in [0.717, 1.165) is 17.3 Å². The first kappa shape index (κ1) is 12.9. The molecule has 0 aromatic heterocycles. The third-order valence-electron chi connectivity index (χ3n) is 1.98. The van der Waals surface area contributed by atoms with Gasteiger partial charge in [0, 0.05) is 5.33 Å². The molecule has 0 aliphatic rings. The van der Waals surface area contributed by atoms with Gasteiger partial charge in [-0.25, -0.2) is 9.18 Å². The first-order chi connectivity index (χ1) is 7.69. The molecule has 1 aromatic carbocycles. The van der Waals surface area contributed by atoms with Gasteiger partial charge in [-0.3, -0.25) is 0 Å². The number of hydrogen-bond acceptors (Lipinski definition) is 2. The average molecular weight is 287 g/mol. The Hall–Kier alpha value is -1.16. The fourth-order valence-corrected chi connectivity index (χ4v) is 1.46. The van der Waals surface area contributed by atoms with Crippen LogP contribution >= 0.6 is 15.9 Å². The molecule has 0 amide bonds. The summed E-state index contributed by atoms with van der Waals surface area (Å²) in [6.07, 6.45) is 4.62. The number of carbonyl (C=O) groups is 1. The van der Waals surface area contributed by atoms with E-state index < -0.39 is 11.8 Å². The Labute approximate surface area is 102 Å². The van der Waals surface area contributed by atoms with Crippen LogP contribution in [0.5, 0.6) is 0 Å². The number of benzene rings is 1. The number of alkyl halides is 1. The summed E-state index contributed by atoms with van der Waals surface area (Å²) < 4.78 is 17.9. The zero-order chi connectivity index (χ0) is 12.0. The molecule has 0 saturated carbocycles. The molecule has 1 rings (SSSR count). The predicted octanol–water partition coefficient (Wildman–Crippen LogP) is 3.41. The largest absolute Gasteiger partial charge is 0.465 e. The highest BCUT2D eigenvalue weighted by Crippen LogP contribution is 2.13. The third kappa shape index (κ3) is 3.45. The van der Waals surface area contributed by atoms with E-state index in [-0.39, 0.29) is 5.56 Å². The van der Waals surface area contributed by atoms with Crippen LogP contribution in [0.2, 0.25) is 0 Å². The molecule has 1 aromatic rings. The number of esters is 1. The van der Waals surface area contributed by atoms with Gasteiger partial charge in [-0.2, -0.15) is 0 Å². The molecule has 0 N–H and O–H groups in total. The van der Waals surface area contributed by atoms with Crippen LogP contribution in [0.25, 0.3) is 6.08 Å². The highest BCUT2D eigenvalue weighted by molar-refractivity contribution is 9.09. The number of ether oxygens (including phenoxy) is 1. The second kappa shape index (κ2) is 6.43. The van der Waals surface area contributed by atoms with Gasteiger partial charge in [0.2, 0.25) is 0 Å². The fraction of sp³-hybridized carbons (Fsp3) is 0.250. The van der Waals surface area contributed by atoms with Crippen LogP contribution in [0.1, 0.15) is 22.3 Å². The van der Waals surface area contributed by atoms with Gasteiger partial charge in [0.05, 0.1) is 12.7 Å². The summed E-state index contributed by atoms with van der Waals surface area (Å²) in [7, 11) is 1.23. The maximum atomic E-state index is 13.5.